The van der Waals surface area contributed by atoms with E-state index in [9.17, 15) is 8.42 Å². The monoisotopic (exact) mass is 312 g/mol. The number of rotatable bonds is 7. The van der Waals surface area contributed by atoms with Crippen LogP contribution in [0.3, 0.4) is 0 Å². The van der Waals surface area contributed by atoms with Gasteiger partial charge in [0.15, 0.2) is 0 Å². The Morgan fingerprint density at radius 2 is 1.81 bits per heavy atom. The van der Waals surface area contributed by atoms with Crippen LogP contribution < -0.4 is 10.0 Å². The molecule has 21 heavy (non-hydrogen) atoms. The molecule has 0 unspecified atom stereocenters. The summed E-state index contributed by atoms with van der Waals surface area (Å²) in [5, 5.41) is 2.96. The Morgan fingerprint density at radius 3 is 2.43 bits per heavy atom. The Morgan fingerprint density at radius 1 is 1.14 bits per heavy atom. The van der Waals surface area contributed by atoms with Crippen molar-refractivity contribution in [2.45, 2.75) is 43.1 Å². The van der Waals surface area contributed by atoms with Crippen molar-refractivity contribution < 1.29 is 13.2 Å². The summed E-state index contributed by atoms with van der Waals surface area (Å²) in [6.07, 6.45) is 6.21. The number of sulfonamides is 1. The molecular formula is C15H24N2O3S. The molecule has 5 nitrogen and oxygen atoms in total. The third-order valence-corrected chi connectivity index (χ3v) is 5.23. The van der Waals surface area contributed by atoms with E-state index in [2.05, 4.69) is 10.0 Å². The average molecular weight is 312 g/mol. The van der Waals surface area contributed by atoms with E-state index < -0.39 is 10.0 Å². The maximum absolute atomic E-state index is 12.1. The number of hydrogen-bond acceptors (Lipinski definition) is 4. The second-order valence-electron chi connectivity index (χ2n) is 5.30. The molecule has 0 aromatic heterocycles. The summed E-state index contributed by atoms with van der Waals surface area (Å²) >= 11 is 0. The highest BCUT2D eigenvalue weighted by atomic mass is 32.2. The van der Waals surface area contributed by atoms with Crippen LogP contribution in [0.5, 0.6) is 0 Å². The summed E-state index contributed by atoms with van der Waals surface area (Å²) in [6, 6.07) is 6.67. The topological polar surface area (TPSA) is 67.4 Å². The zero-order valence-corrected chi connectivity index (χ0v) is 13.3. The van der Waals surface area contributed by atoms with Crippen LogP contribution in [0.25, 0.3) is 0 Å². The molecule has 2 rings (SSSR count). The average Bonchev–Trinajstić information content (AvgIpc) is 2.53. The first-order chi connectivity index (χ1) is 10.1. The highest BCUT2D eigenvalue weighted by Crippen LogP contribution is 2.20. The number of ether oxygens (including phenoxy) is 1. The van der Waals surface area contributed by atoms with Crippen molar-refractivity contribution in [3.05, 3.63) is 24.3 Å². The molecule has 0 spiro atoms. The predicted molar refractivity (Wildman–Crippen MR) is 84.0 cm³/mol. The minimum Gasteiger partial charge on any atom is -0.388 e. The van der Waals surface area contributed by atoms with Gasteiger partial charge in [-0.3, -0.25) is 0 Å². The van der Waals surface area contributed by atoms with Gasteiger partial charge in [0, 0.05) is 19.3 Å². The quantitative estimate of drug-likeness (QED) is 0.759. The van der Waals surface area contributed by atoms with Crippen molar-refractivity contribution in [3.8, 4) is 0 Å². The van der Waals surface area contributed by atoms with Gasteiger partial charge in [0.1, 0.15) is 0 Å². The second kappa shape index (κ2) is 7.77. The van der Waals surface area contributed by atoms with Crippen LogP contribution in [0.4, 0.5) is 5.69 Å². The van der Waals surface area contributed by atoms with Gasteiger partial charge in [0.05, 0.1) is 17.6 Å². The minimum absolute atomic E-state index is 0.277. The first kappa shape index (κ1) is 16.3. The Bertz CT molecular complexity index is 522. The first-order valence-electron chi connectivity index (χ1n) is 7.51. The van der Waals surface area contributed by atoms with Gasteiger partial charge in [0.25, 0.3) is 0 Å². The van der Waals surface area contributed by atoms with Crippen LogP contribution in [0.2, 0.25) is 0 Å². The van der Waals surface area contributed by atoms with Crippen molar-refractivity contribution in [2.75, 3.05) is 25.5 Å². The SMILES string of the molecule is CNc1ccc(S(=O)(=O)NCCOC2CCCCC2)cc1. The molecule has 0 atom stereocenters. The van der Waals surface area contributed by atoms with E-state index in [4.69, 9.17) is 4.74 Å². The molecule has 1 aliphatic carbocycles. The minimum atomic E-state index is -3.45. The number of nitrogens with one attached hydrogen (secondary N) is 2. The van der Waals surface area contributed by atoms with Crippen LogP contribution in [0.15, 0.2) is 29.2 Å². The Balaban J connectivity index is 1.77. The van der Waals surface area contributed by atoms with Gasteiger partial charge in [-0.1, -0.05) is 19.3 Å². The van der Waals surface area contributed by atoms with Crippen LogP contribution in [0, 0.1) is 0 Å². The van der Waals surface area contributed by atoms with Crippen molar-refractivity contribution in [2.24, 2.45) is 0 Å². The van der Waals surface area contributed by atoms with Gasteiger partial charge in [-0.15, -0.1) is 0 Å². The summed E-state index contributed by atoms with van der Waals surface area (Å²) in [4.78, 5) is 0.277. The molecule has 1 aromatic carbocycles. The van der Waals surface area contributed by atoms with E-state index in [0.29, 0.717) is 19.3 Å². The van der Waals surface area contributed by atoms with Crippen molar-refractivity contribution >= 4 is 15.7 Å². The molecule has 1 aromatic rings. The van der Waals surface area contributed by atoms with Gasteiger partial charge >= 0.3 is 0 Å². The highest BCUT2D eigenvalue weighted by molar-refractivity contribution is 7.89. The Kier molecular flexibility index (Phi) is 6.02. The summed E-state index contributed by atoms with van der Waals surface area (Å²) in [7, 11) is -1.65. The van der Waals surface area contributed by atoms with Gasteiger partial charge in [-0.2, -0.15) is 0 Å². The number of benzene rings is 1. The van der Waals surface area contributed by atoms with Crippen molar-refractivity contribution in [3.63, 3.8) is 0 Å². The maximum atomic E-state index is 12.1. The fourth-order valence-corrected chi connectivity index (χ4v) is 3.53. The lowest BCUT2D eigenvalue weighted by Crippen LogP contribution is -2.29. The fraction of sp³-hybridized carbons (Fsp3) is 0.600. The Labute approximate surface area is 127 Å². The molecule has 0 heterocycles. The van der Waals surface area contributed by atoms with Crippen LogP contribution >= 0.6 is 0 Å². The zero-order valence-electron chi connectivity index (χ0n) is 12.5. The smallest absolute Gasteiger partial charge is 0.240 e. The fourth-order valence-electron chi connectivity index (χ4n) is 2.52. The largest absolute Gasteiger partial charge is 0.388 e. The summed E-state index contributed by atoms with van der Waals surface area (Å²) in [5.74, 6) is 0. The normalized spacial score (nSPS) is 16.8. The van der Waals surface area contributed by atoms with Gasteiger partial charge in [-0.25, -0.2) is 13.1 Å². The van der Waals surface area contributed by atoms with Crippen LogP contribution in [-0.4, -0.2) is 34.7 Å². The third-order valence-electron chi connectivity index (χ3n) is 3.75. The molecule has 6 heteroatoms. The van der Waals surface area contributed by atoms with Gasteiger partial charge in [-0.05, 0) is 37.1 Å². The molecule has 0 saturated heterocycles. The van der Waals surface area contributed by atoms with E-state index in [0.717, 1.165) is 18.5 Å². The van der Waals surface area contributed by atoms with E-state index >= 15 is 0 Å². The number of hydrogen-bond donors (Lipinski definition) is 2. The summed E-state index contributed by atoms with van der Waals surface area (Å²) < 4.78 is 32.5. The molecular weight excluding hydrogens is 288 g/mol. The van der Waals surface area contributed by atoms with E-state index in [-0.39, 0.29) is 4.90 Å². The molecule has 0 bridgehead atoms. The molecule has 1 aliphatic rings. The highest BCUT2D eigenvalue weighted by Gasteiger charge is 2.15. The molecule has 118 valence electrons. The molecule has 0 amide bonds. The van der Waals surface area contributed by atoms with Gasteiger partial charge in [0.2, 0.25) is 10.0 Å². The maximum Gasteiger partial charge on any atom is 0.240 e. The third kappa shape index (κ3) is 4.98. The lowest BCUT2D eigenvalue weighted by molar-refractivity contribution is 0.0321. The first-order valence-corrected chi connectivity index (χ1v) is 8.99. The second-order valence-corrected chi connectivity index (χ2v) is 7.07. The molecule has 1 saturated carbocycles. The molecule has 0 radical (unpaired) electrons. The van der Waals surface area contributed by atoms with Crippen LogP contribution in [0.1, 0.15) is 32.1 Å². The number of anilines is 1. The summed E-state index contributed by atoms with van der Waals surface area (Å²) in [5.41, 5.74) is 0.884. The van der Waals surface area contributed by atoms with Crippen molar-refractivity contribution in [1.82, 2.24) is 4.72 Å². The van der Waals surface area contributed by atoms with E-state index in [1.54, 1.807) is 31.3 Å². The lowest BCUT2D eigenvalue weighted by Gasteiger charge is -2.22. The van der Waals surface area contributed by atoms with Crippen molar-refractivity contribution in [1.29, 1.82) is 0 Å². The molecule has 2 N–H and O–H groups in total. The summed E-state index contributed by atoms with van der Waals surface area (Å²) in [6.45, 7) is 0.741. The van der Waals surface area contributed by atoms with Gasteiger partial charge < -0.3 is 10.1 Å². The van der Waals surface area contributed by atoms with E-state index in [1.807, 2.05) is 0 Å². The molecule has 0 aliphatic heterocycles. The zero-order chi connectivity index (χ0) is 15.1. The molecule has 1 fully saturated rings. The van der Waals surface area contributed by atoms with Crippen LogP contribution in [-0.2, 0) is 14.8 Å². The van der Waals surface area contributed by atoms with E-state index in [1.165, 1.54) is 19.3 Å². The lowest BCUT2D eigenvalue weighted by atomic mass is 9.98. The Hall–Kier alpha value is -1.11. The standard InChI is InChI=1S/C15H24N2O3S/c1-16-13-7-9-15(10-8-13)21(18,19)17-11-12-20-14-5-3-2-4-6-14/h7-10,14,16-17H,2-6,11-12H2,1H3. The predicted octanol–water partition coefficient (Wildman–Crippen LogP) is 2.36.